The number of benzene rings is 2. The molecule has 3 rings (SSSR count). The minimum Gasteiger partial charge on any atom is -0.321 e. The molecule has 0 unspecified atom stereocenters. The number of aryl methyl sites for hydroxylation is 2. The molecule has 0 spiro atoms. The summed E-state index contributed by atoms with van der Waals surface area (Å²) in [6.07, 6.45) is 0. The zero-order valence-corrected chi connectivity index (χ0v) is 18.3. The predicted octanol–water partition coefficient (Wildman–Crippen LogP) is 2.33. The molecule has 1 amide bonds. The Morgan fingerprint density at radius 2 is 1.47 bits per heavy atom. The molecule has 0 aliphatic rings. The number of carbonyl (C=O) groups excluding carboxylic acids is 1. The van der Waals surface area contributed by atoms with Gasteiger partial charge in [0.15, 0.2) is 9.84 Å². The Labute approximate surface area is 177 Å². The third-order valence-electron chi connectivity index (χ3n) is 4.87. The monoisotopic (exact) mass is 449 g/mol. The first-order chi connectivity index (χ1) is 13.9. The first-order valence-corrected chi connectivity index (χ1v) is 10.9. The van der Waals surface area contributed by atoms with Crippen molar-refractivity contribution in [2.24, 2.45) is 14.1 Å². The SMILES string of the molecule is CC(C)S(=O)(=O)c1cc2c(cc1NC(=O)c1ccc(Cl)cc1)n(C)c(=O)c(=O)n2C. The van der Waals surface area contributed by atoms with E-state index in [0.717, 1.165) is 9.13 Å². The molecule has 0 aliphatic heterocycles. The van der Waals surface area contributed by atoms with Crippen LogP contribution in [-0.2, 0) is 23.9 Å². The Balaban J connectivity index is 2.30. The molecule has 0 bridgehead atoms. The van der Waals surface area contributed by atoms with Crippen molar-refractivity contribution in [3.05, 3.63) is 67.7 Å². The van der Waals surface area contributed by atoms with Crippen molar-refractivity contribution in [2.45, 2.75) is 24.0 Å². The van der Waals surface area contributed by atoms with E-state index in [1.54, 1.807) is 12.1 Å². The number of hydrogen-bond acceptors (Lipinski definition) is 5. The first-order valence-electron chi connectivity index (χ1n) is 8.99. The normalized spacial score (nSPS) is 11.8. The van der Waals surface area contributed by atoms with E-state index < -0.39 is 32.1 Å². The summed E-state index contributed by atoms with van der Waals surface area (Å²) in [6, 6.07) is 8.80. The highest BCUT2D eigenvalue weighted by Crippen LogP contribution is 2.30. The van der Waals surface area contributed by atoms with E-state index in [1.165, 1.54) is 52.2 Å². The maximum atomic E-state index is 13.0. The molecule has 0 radical (unpaired) electrons. The van der Waals surface area contributed by atoms with E-state index in [0.29, 0.717) is 10.5 Å². The van der Waals surface area contributed by atoms with Crippen LogP contribution in [-0.4, -0.2) is 28.7 Å². The third kappa shape index (κ3) is 3.66. The molecule has 8 nitrogen and oxygen atoms in total. The Morgan fingerprint density at radius 1 is 0.967 bits per heavy atom. The van der Waals surface area contributed by atoms with Gasteiger partial charge in [-0.15, -0.1) is 0 Å². The lowest BCUT2D eigenvalue weighted by Gasteiger charge is -2.17. The Morgan fingerprint density at radius 3 is 1.97 bits per heavy atom. The molecular weight excluding hydrogens is 430 g/mol. The highest BCUT2D eigenvalue weighted by molar-refractivity contribution is 7.92. The third-order valence-corrected chi connectivity index (χ3v) is 7.32. The molecule has 0 aliphatic carbocycles. The van der Waals surface area contributed by atoms with Crippen LogP contribution in [0.2, 0.25) is 5.02 Å². The summed E-state index contributed by atoms with van der Waals surface area (Å²) in [7, 11) is -1.02. The number of amides is 1. The van der Waals surface area contributed by atoms with Crippen molar-refractivity contribution < 1.29 is 13.2 Å². The van der Waals surface area contributed by atoms with Crippen LogP contribution in [0.3, 0.4) is 0 Å². The second kappa shape index (κ2) is 7.73. The van der Waals surface area contributed by atoms with Crippen LogP contribution in [0.15, 0.2) is 50.9 Å². The second-order valence-electron chi connectivity index (χ2n) is 7.12. The van der Waals surface area contributed by atoms with Crippen LogP contribution in [0, 0.1) is 0 Å². The molecule has 0 saturated heterocycles. The largest absolute Gasteiger partial charge is 0.321 e. The molecule has 1 heterocycles. The molecule has 158 valence electrons. The van der Waals surface area contributed by atoms with E-state index in [9.17, 15) is 22.8 Å². The van der Waals surface area contributed by atoms with Gasteiger partial charge in [-0.2, -0.15) is 0 Å². The van der Waals surface area contributed by atoms with E-state index in [4.69, 9.17) is 11.6 Å². The number of nitrogens with one attached hydrogen (secondary N) is 1. The van der Waals surface area contributed by atoms with Crippen molar-refractivity contribution in [3.63, 3.8) is 0 Å². The average molecular weight is 450 g/mol. The van der Waals surface area contributed by atoms with Crippen LogP contribution < -0.4 is 16.4 Å². The summed E-state index contributed by atoms with van der Waals surface area (Å²) in [6.45, 7) is 3.04. The van der Waals surface area contributed by atoms with Crippen LogP contribution in [0.1, 0.15) is 24.2 Å². The average Bonchev–Trinajstić information content (AvgIpc) is 2.70. The molecule has 2 aromatic carbocycles. The summed E-state index contributed by atoms with van der Waals surface area (Å²) in [5.41, 5.74) is -0.691. The van der Waals surface area contributed by atoms with Crippen molar-refractivity contribution in [1.29, 1.82) is 0 Å². The van der Waals surface area contributed by atoms with E-state index in [-0.39, 0.29) is 21.7 Å². The molecular formula is C20H20ClN3O5S. The highest BCUT2D eigenvalue weighted by Gasteiger charge is 2.26. The topological polar surface area (TPSA) is 107 Å². The Kier molecular flexibility index (Phi) is 5.62. The van der Waals surface area contributed by atoms with Crippen LogP contribution in [0.25, 0.3) is 11.0 Å². The van der Waals surface area contributed by atoms with Gasteiger partial charge in [0.2, 0.25) is 0 Å². The number of sulfone groups is 1. The molecule has 0 atom stereocenters. The minimum atomic E-state index is -3.82. The van der Waals surface area contributed by atoms with E-state index in [1.807, 2.05) is 0 Å². The van der Waals surface area contributed by atoms with Gasteiger partial charge in [0.25, 0.3) is 5.91 Å². The number of fused-ring (bicyclic) bond motifs is 1. The van der Waals surface area contributed by atoms with Crippen molar-refractivity contribution >= 4 is 44.1 Å². The molecule has 0 saturated carbocycles. The fraction of sp³-hybridized carbons (Fsp3) is 0.250. The lowest BCUT2D eigenvalue weighted by atomic mass is 10.2. The van der Waals surface area contributed by atoms with Crippen LogP contribution >= 0.6 is 11.6 Å². The lowest BCUT2D eigenvalue weighted by molar-refractivity contribution is 0.102. The standard InChI is InChI=1S/C20H20ClN3O5S/c1-11(2)30(28,29)17-10-16-15(23(3)19(26)20(27)24(16)4)9-14(17)22-18(25)12-5-7-13(21)8-6-12/h5-11H,1-4H3,(H,22,25). The van der Waals surface area contributed by atoms with Gasteiger partial charge in [-0.25, -0.2) is 8.42 Å². The lowest BCUT2D eigenvalue weighted by Crippen LogP contribution is -2.39. The van der Waals surface area contributed by atoms with Crippen molar-refractivity contribution in [2.75, 3.05) is 5.32 Å². The number of hydrogen-bond donors (Lipinski definition) is 1. The van der Waals surface area contributed by atoms with E-state index in [2.05, 4.69) is 5.32 Å². The predicted molar refractivity (Wildman–Crippen MR) is 116 cm³/mol. The second-order valence-corrected chi connectivity index (χ2v) is 10.0. The fourth-order valence-electron chi connectivity index (χ4n) is 2.98. The number of rotatable bonds is 4. The number of halogens is 1. The first kappa shape index (κ1) is 21.8. The summed E-state index contributed by atoms with van der Waals surface area (Å²) in [4.78, 5) is 36.9. The van der Waals surface area contributed by atoms with Crippen molar-refractivity contribution in [3.8, 4) is 0 Å². The van der Waals surface area contributed by atoms with Gasteiger partial charge < -0.3 is 14.5 Å². The Bertz CT molecular complexity index is 1390. The zero-order chi connectivity index (χ0) is 22.4. The molecule has 0 fully saturated rings. The summed E-state index contributed by atoms with van der Waals surface area (Å²) in [5, 5.41) is 2.30. The quantitative estimate of drug-likeness (QED) is 0.615. The van der Waals surface area contributed by atoms with Gasteiger partial charge >= 0.3 is 11.1 Å². The summed E-state index contributed by atoms with van der Waals surface area (Å²) < 4.78 is 28.2. The summed E-state index contributed by atoms with van der Waals surface area (Å²) >= 11 is 5.85. The maximum absolute atomic E-state index is 13.0. The van der Waals surface area contributed by atoms with Crippen LogP contribution in [0.5, 0.6) is 0 Å². The number of carbonyl (C=O) groups is 1. The van der Waals surface area contributed by atoms with Gasteiger partial charge in [0.05, 0.1) is 26.9 Å². The highest BCUT2D eigenvalue weighted by atomic mass is 35.5. The molecule has 10 heteroatoms. The molecule has 30 heavy (non-hydrogen) atoms. The zero-order valence-electron chi connectivity index (χ0n) is 16.8. The number of nitrogens with zero attached hydrogens (tertiary/aromatic N) is 2. The smallest absolute Gasteiger partial charge is 0.316 e. The van der Waals surface area contributed by atoms with Crippen molar-refractivity contribution in [1.82, 2.24) is 9.13 Å². The molecule has 1 aromatic heterocycles. The number of anilines is 1. The minimum absolute atomic E-state index is 0.0183. The number of aromatic nitrogens is 2. The van der Waals surface area contributed by atoms with Gasteiger partial charge in [-0.3, -0.25) is 14.4 Å². The van der Waals surface area contributed by atoms with E-state index >= 15 is 0 Å². The van der Waals surface area contributed by atoms with Gasteiger partial charge in [0.1, 0.15) is 0 Å². The molecule has 3 aromatic rings. The van der Waals surface area contributed by atoms with Gasteiger partial charge in [0, 0.05) is 24.7 Å². The summed E-state index contributed by atoms with van der Waals surface area (Å²) in [5.74, 6) is -0.541. The fourth-order valence-corrected chi connectivity index (χ4v) is 4.31. The Hall–Kier alpha value is -2.91. The maximum Gasteiger partial charge on any atom is 0.316 e. The van der Waals surface area contributed by atoms with Crippen LogP contribution in [0.4, 0.5) is 5.69 Å². The van der Waals surface area contributed by atoms with Gasteiger partial charge in [-0.05, 0) is 50.2 Å². The van der Waals surface area contributed by atoms with Gasteiger partial charge in [-0.1, -0.05) is 11.6 Å². The molecule has 1 N–H and O–H groups in total.